The van der Waals surface area contributed by atoms with E-state index in [2.05, 4.69) is 131 Å². The number of rotatable bonds is 14. The molecule has 0 radical (unpaired) electrons. The molecule has 0 spiro atoms. The highest BCUT2D eigenvalue weighted by Crippen LogP contribution is 2.39. The minimum atomic E-state index is 0.241. The van der Waals surface area contributed by atoms with Crippen LogP contribution in [-0.2, 0) is 0 Å². The van der Waals surface area contributed by atoms with Crippen LogP contribution < -0.4 is 0 Å². The Bertz CT molecular complexity index is 1390. The van der Waals surface area contributed by atoms with Crippen LogP contribution in [0, 0.1) is 0 Å². The molecule has 6 aromatic rings. The van der Waals surface area contributed by atoms with Crippen LogP contribution >= 0.6 is 0 Å². The third kappa shape index (κ3) is 7.09. The van der Waals surface area contributed by atoms with E-state index in [1.807, 2.05) is 24.8 Å². The van der Waals surface area contributed by atoms with Gasteiger partial charge in [-0.2, -0.15) is 0 Å². The van der Waals surface area contributed by atoms with E-state index in [4.69, 9.17) is 9.97 Å². The molecule has 0 aliphatic carbocycles. The number of aromatic amines is 2. The maximum absolute atomic E-state index is 4.77. The molecule has 6 heteroatoms. The lowest BCUT2D eigenvalue weighted by molar-refractivity contribution is 0.718. The number of hydrogen-bond donors (Lipinski definition) is 2. The van der Waals surface area contributed by atoms with Gasteiger partial charge in [0.05, 0.1) is 0 Å². The smallest absolute Gasteiger partial charge is 0.135 e. The first-order chi connectivity index (χ1) is 21.4. The van der Waals surface area contributed by atoms with Crippen molar-refractivity contribution in [2.45, 2.75) is 42.5 Å². The van der Waals surface area contributed by atoms with E-state index in [-0.39, 0.29) is 23.5 Å². The number of nitrogens with one attached hydrogen (secondary N) is 2. The Kier molecular flexibility index (Phi) is 9.66. The van der Waals surface area contributed by atoms with Crippen LogP contribution in [0.4, 0.5) is 0 Å². The quantitative estimate of drug-likeness (QED) is 0.106. The van der Waals surface area contributed by atoms with Crippen LogP contribution in [0.5, 0.6) is 0 Å². The van der Waals surface area contributed by atoms with Crippen LogP contribution in [0.1, 0.15) is 63.8 Å². The molecule has 2 heterocycles. The van der Waals surface area contributed by atoms with Crippen molar-refractivity contribution in [2.75, 3.05) is 0 Å². The lowest BCUT2D eigenvalue weighted by Crippen LogP contribution is -2.22. The Morgan fingerprint density at radius 3 is 1.07 bits per heavy atom. The molecule has 4 aromatic carbocycles. The molecule has 0 bridgehead atoms. The lowest BCUT2D eigenvalue weighted by atomic mass is 9.50. The topological polar surface area (TPSA) is 57.4 Å². The molecule has 0 aliphatic rings. The summed E-state index contributed by atoms with van der Waals surface area (Å²) >= 11 is 0. The van der Waals surface area contributed by atoms with E-state index in [1.165, 1.54) is 22.3 Å². The van der Waals surface area contributed by atoms with Crippen molar-refractivity contribution in [3.05, 3.63) is 180 Å². The fourth-order valence-electron chi connectivity index (χ4n) is 6.74. The van der Waals surface area contributed by atoms with Gasteiger partial charge in [0, 0.05) is 48.3 Å². The van der Waals surface area contributed by atoms with Crippen LogP contribution in [-0.4, -0.2) is 34.5 Å². The summed E-state index contributed by atoms with van der Waals surface area (Å²) in [7, 11) is 2.13. The van der Waals surface area contributed by atoms with Crippen LogP contribution in [0.15, 0.2) is 146 Å². The van der Waals surface area contributed by atoms with Gasteiger partial charge in [-0.3, -0.25) is 0 Å². The summed E-state index contributed by atoms with van der Waals surface area (Å²) in [5.74, 6) is 3.15. The van der Waals surface area contributed by atoms with Gasteiger partial charge in [-0.1, -0.05) is 140 Å². The van der Waals surface area contributed by atoms with E-state index >= 15 is 0 Å². The van der Waals surface area contributed by atoms with E-state index in [0.717, 1.165) is 45.3 Å². The summed E-state index contributed by atoms with van der Waals surface area (Å²) in [6, 6.07) is 43.6. The zero-order chi connectivity index (χ0) is 29.1. The van der Waals surface area contributed by atoms with Crippen molar-refractivity contribution in [2.24, 2.45) is 0 Å². The van der Waals surface area contributed by atoms with Crippen molar-refractivity contribution in [3.63, 3.8) is 0 Å². The van der Waals surface area contributed by atoms with Crippen LogP contribution in [0.2, 0.25) is 12.6 Å². The number of H-pyrrole nitrogens is 2. The second kappa shape index (κ2) is 14.6. The van der Waals surface area contributed by atoms with Crippen molar-refractivity contribution < 1.29 is 0 Å². The van der Waals surface area contributed by atoms with Crippen LogP contribution in [0.3, 0.4) is 0 Å². The van der Waals surface area contributed by atoms with Crippen LogP contribution in [0.25, 0.3) is 0 Å². The van der Waals surface area contributed by atoms with Crippen molar-refractivity contribution >= 4 is 14.6 Å². The molecule has 212 valence electrons. The molecule has 2 aromatic heterocycles. The van der Waals surface area contributed by atoms with Gasteiger partial charge in [0.2, 0.25) is 0 Å². The Hall–Kier alpha value is -4.57. The molecule has 0 fully saturated rings. The Morgan fingerprint density at radius 2 is 0.791 bits per heavy atom. The maximum Gasteiger partial charge on any atom is 0.135 e. The normalized spacial score (nSPS) is 12.7. The first-order valence-electron chi connectivity index (χ1n) is 15.6. The maximum atomic E-state index is 4.77. The zero-order valence-electron chi connectivity index (χ0n) is 24.6. The Balaban J connectivity index is 1.20. The lowest BCUT2D eigenvalue weighted by Gasteiger charge is -2.27. The molecule has 0 aliphatic heterocycles. The van der Waals surface area contributed by atoms with Gasteiger partial charge in [-0.05, 0) is 22.3 Å². The summed E-state index contributed by atoms with van der Waals surface area (Å²) in [6.45, 7) is 0. The van der Waals surface area contributed by atoms with E-state index in [0.29, 0.717) is 0 Å². The largest absolute Gasteiger partial charge is 0.349 e. The number of imidazole rings is 2. The average Bonchev–Trinajstić information content (AvgIpc) is 3.81. The molecular formula is C37H38B2N4. The van der Waals surface area contributed by atoms with Crippen molar-refractivity contribution in [3.8, 4) is 0 Å². The predicted octanol–water partition coefficient (Wildman–Crippen LogP) is 7.68. The number of nitrogens with zero attached hydrogens (tertiary/aromatic N) is 2. The molecule has 4 nitrogen and oxygen atoms in total. The monoisotopic (exact) mass is 560 g/mol. The molecule has 2 unspecified atom stereocenters. The van der Waals surface area contributed by atoms with Gasteiger partial charge in [-0.15, -0.1) is 0 Å². The first kappa shape index (κ1) is 28.5. The van der Waals surface area contributed by atoms with Crippen molar-refractivity contribution in [1.82, 2.24) is 19.9 Å². The van der Waals surface area contributed by atoms with Gasteiger partial charge in [-0.25, -0.2) is 9.97 Å². The number of hydrogen-bond acceptors (Lipinski definition) is 2. The van der Waals surface area contributed by atoms with Gasteiger partial charge in [0.25, 0.3) is 0 Å². The minimum absolute atomic E-state index is 0.241. The van der Waals surface area contributed by atoms with E-state index < -0.39 is 0 Å². The molecule has 0 amide bonds. The molecular weight excluding hydrogens is 522 g/mol. The van der Waals surface area contributed by atoms with Crippen molar-refractivity contribution in [1.29, 1.82) is 0 Å². The van der Waals surface area contributed by atoms with E-state index in [9.17, 15) is 0 Å². The fourth-order valence-corrected chi connectivity index (χ4v) is 6.74. The summed E-state index contributed by atoms with van der Waals surface area (Å²) in [6.07, 6.45) is 11.1. The summed E-state index contributed by atoms with van der Waals surface area (Å²) < 4.78 is 0. The second-order valence-corrected chi connectivity index (χ2v) is 11.4. The molecule has 2 atom stereocenters. The first-order valence-corrected chi connectivity index (χ1v) is 15.6. The Morgan fingerprint density at radius 1 is 0.465 bits per heavy atom. The van der Waals surface area contributed by atoms with Gasteiger partial charge < -0.3 is 9.97 Å². The molecule has 43 heavy (non-hydrogen) atoms. The molecule has 2 N–H and O–H groups in total. The third-order valence-corrected chi connectivity index (χ3v) is 8.71. The third-order valence-electron chi connectivity index (χ3n) is 8.71. The predicted molar refractivity (Wildman–Crippen MR) is 181 cm³/mol. The number of aromatic nitrogens is 4. The highest BCUT2D eigenvalue weighted by molar-refractivity contribution is 6.40. The minimum Gasteiger partial charge on any atom is -0.349 e. The summed E-state index contributed by atoms with van der Waals surface area (Å²) in [4.78, 5) is 16.5. The molecule has 0 saturated heterocycles. The van der Waals surface area contributed by atoms with Gasteiger partial charge in [0.1, 0.15) is 26.2 Å². The molecule has 6 rings (SSSR count). The van der Waals surface area contributed by atoms with Gasteiger partial charge in [0.15, 0.2) is 0 Å². The standard InChI is InChI=1S/C37H38B2N4/c1-5-14-28(15-6-1)32(29-16-7-2-8-17-29)34(36-40-24-25-41-36)38-22-13-23-39-35(37-42-26-27-43-37)33(30-18-9-3-10-19-30)31-20-11-4-12-21-31/h1-12,14-21,24-27,32-35,38-39H,13,22-23H2,(H,40,41)(H,42,43). The molecule has 0 saturated carbocycles. The number of benzene rings is 4. The SMILES string of the molecule is B(CCCBC(c1ncc[nH]1)C(c1ccccc1)c1ccccc1)C(c1ncc[nH]1)C(c1ccccc1)c1ccccc1. The van der Waals surface area contributed by atoms with E-state index in [1.54, 1.807) is 0 Å². The highest BCUT2D eigenvalue weighted by atomic mass is 14.9. The Labute approximate surface area is 256 Å². The average molecular weight is 560 g/mol. The second-order valence-electron chi connectivity index (χ2n) is 11.4. The summed E-state index contributed by atoms with van der Waals surface area (Å²) in [5.41, 5.74) is 5.34. The van der Waals surface area contributed by atoms with Gasteiger partial charge >= 0.3 is 0 Å². The zero-order valence-corrected chi connectivity index (χ0v) is 24.6. The highest BCUT2D eigenvalue weighted by Gasteiger charge is 2.30. The fraction of sp³-hybridized carbons (Fsp3) is 0.189. The summed E-state index contributed by atoms with van der Waals surface area (Å²) in [5, 5.41) is 0.